The molecule has 0 saturated carbocycles. The molecule has 0 aliphatic rings. The van der Waals surface area contributed by atoms with Gasteiger partial charge in [-0.05, 0) is 61.7 Å². The van der Waals surface area contributed by atoms with Crippen LogP contribution in [0, 0.1) is 32.1 Å². The Morgan fingerprint density at radius 1 is 0.947 bits per heavy atom. The highest BCUT2D eigenvalue weighted by molar-refractivity contribution is 5.75. The van der Waals surface area contributed by atoms with Crippen LogP contribution in [0.3, 0.4) is 0 Å². The van der Waals surface area contributed by atoms with Crippen LogP contribution in [0.25, 0.3) is 0 Å². The summed E-state index contributed by atoms with van der Waals surface area (Å²) >= 11 is 0. The number of nitrogen functional groups attached to an aromatic ring is 1. The van der Waals surface area contributed by atoms with Gasteiger partial charge in [0.05, 0.1) is 23.0 Å². The predicted octanol–water partition coefficient (Wildman–Crippen LogP) is 3.81. The maximum absolute atomic E-state index is 8.94. The fourth-order valence-electron chi connectivity index (χ4n) is 1.97. The van der Waals surface area contributed by atoms with E-state index in [4.69, 9.17) is 11.0 Å². The molecule has 0 radical (unpaired) electrons. The highest BCUT2D eigenvalue weighted by atomic mass is 14.9. The third-order valence-corrected chi connectivity index (χ3v) is 3.29. The molecular weight excluding hydrogens is 234 g/mol. The van der Waals surface area contributed by atoms with E-state index in [9.17, 15) is 0 Å². The van der Waals surface area contributed by atoms with E-state index in [0.29, 0.717) is 11.3 Å². The molecule has 0 heterocycles. The van der Waals surface area contributed by atoms with Crippen LogP contribution in [0.1, 0.15) is 22.3 Å². The van der Waals surface area contributed by atoms with E-state index in [1.54, 1.807) is 18.2 Å². The van der Waals surface area contributed by atoms with Gasteiger partial charge in [-0.1, -0.05) is 6.07 Å². The molecule has 2 rings (SSSR count). The first-order chi connectivity index (χ1) is 9.01. The zero-order valence-corrected chi connectivity index (χ0v) is 11.4. The number of nitrogens with two attached hydrogens (primary N) is 1. The van der Waals surface area contributed by atoms with Gasteiger partial charge in [-0.3, -0.25) is 0 Å². The Labute approximate surface area is 113 Å². The maximum atomic E-state index is 8.94. The summed E-state index contributed by atoms with van der Waals surface area (Å²) in [7, 11) is 0. The molecule has 2 aromatic carbocycles. The van der Waals surface area contributed by atoms with Crippen LogP contribution < -0.4 is 11.1 Å². The van der Waals surface area contributed by atoms with Gasteiger partial charge >= 0.3 is 0 Å². The lowest BCUT2D eigenvalue weighted by Gasteiger charge is -2.14. The molecule has 0 saturated heterocycles. The Balaban J connectivity index is 2.42. The Morgan fingerprint density at radius 3 is 2.32 bits per heavy atom. The van der Waals surface area contributed by atoms with Crippen molar-refractivity contribution in [3.05, 3.63) is 52.6 Å². The number of nitrogens with one attached hydrogen (secondary N) is 1. The van der Waals surface area contributed by atoms with Crippen LogP contribution in [0.2, 0.25) is 0 Å². The molecule has 0 fully saturated rings. The summed E-state index contributed by atoms with van der Waals surface area (Å²) in [6.07, 6.45) is 0. The fourth-order valence-corrected chi connectivity index (χ4v) is 1.97. The van der Waals surface area contributed by atoms with Crippen LogP contribution in [-0.2, 0) is 0 Å². The van der Waals surface area contributed by atoms with Crippen LogP contribution in [0.15, 0.2) is 30.3 Å². The zero-order chi connectivity index (χ0) is 14.0. The van der Waals surface area contributed by atoms with Crippen molar-refractivity contribution in [3.8, 4) is 6.07 Å². The number of rotatable bonds is 2. The van der Waals surface area contributed by atoms with Crippen LogP contribution in [0.5, 0.6) is 0 Å². The first-order valence-corrected chi connectivity index (χ1v) is 6.16. The molecule has 0 spiro atoms. The minimum absolute atomic E-state index is 0.596. The average Bonchev–Trinajstić information content (AvgIpc) is 2.38. The second-order valence-corrected chi connectivity index (χ2v) is 4.79. The van der Waals surface area contributed by atoms with Gasteiger partial charge in [0.15, 0.2) is 0 Å². The summed E-state index contributed by atoms with van der Waals surface area (Å²) < 4.78 is 0. The third-order valence-electron chi connectivity index (χ3n) is 3.29. The van der Waals surface area contributed by atoms with Crippen molar-refractivity contribution in [2.24, 2.45) is 0 Å². The minimum Gasteiger partial charge on any atom is -0.397 e. The van der Waals surface area contributed by atoms with Crippen molar-refractivity contribution in [3.63, 3.8) is 0 Å². The number of aryl methyl sites for hydroxylation is 3. The molecule has 3 N–H and O–H groups in total. The number of nitrogens with zero attached hydrogens (tertiary/aromatic N) is 1. The zero-order valence-electron chi connectivity index (χ0n) is 11.4. The summed E-state index contributed by atoms with van der Waals surface area (Å²) in [4.78, 5) is 0. The van der Waals surface area contributed by atoms with Crippen molar-refractivity contribution >= 4 is 17.1 Å². The number of nitriles is 1. The van der Waals surface area contributed by atoms with E-state index in [0.717, 1.165) is 16.9 Å². The van der Waals surface area contributed by atoms with E-state index >= 15 is 0 Å². The lowest BCUT2D eigenvalue weighted by molar-refractivity contribution is 1.29. The summed E-state index contributed by atoms with van der Waals surface area (Å²) in [6, 6.07) is 11.6. The third kappa shape index (κ3) is 2.69. The smallest absolute Gasteiger partial charge is 0.0992 e. The van der Waals surface area contributed by atoms with Gasteiger partial charge in [-0.15, -0.1) is 0 Å². The summed E-state index contributed by atoms with van der Waals surface area (Å²) in [5.74, 6) is 0. The van der Waals surface area contributed by atoms with E-state index in [2.05, 4.69) is 44.3 Å². The Hall–Kier alpha value is -2.47. The van der Waals surface area contributed by atoms with Crippen LogP contribution >= 0.6 is 0 Å². The first-order valence-electron chi connectivity index (χ1n) is 6.16. The second-order valence-electron chi connectivity index (χ2n) is 4.79. The lowest BCUT2D eigenvalue weighted by atomic mass is 10.0. The van der Waals surface area contributed by atoms with Crippen molar-refractivity contribution in [2.75, 3.05) is 11.1 Å². The number of hydrogen-bond donors (Lipinski definition) is 2. The van der Waals surface area contributed by atoms with Crippen LogP contribution in [-0.4, -0.2) is 0 Å². The predicted molar refractivity (Wildman–Crippen MR) is 79.5 cm³/mol. The maximum Gasteiger partial charge on any atom is 0.0992 e. The van der Waals surface area contributed by atoms with Gasteiger partial charge in [-0.25, -0.2) is 0 Å². The van der Waals surface area contributed by atoms with E-state index in [-0.39, 0.29) is 0 Å². The van der Waals surface area contributed by atoms with Gasteiger partial charge in [0.25, 0.3) is 0 Å². The van der Waals surface area contributed by atoms with Crippen LogP contribution in [0.4, 0.5) is 17.1 Å². The lowest BCUT2D eigenvalue weighted by Crippen LogP contribution is -1.99. The Morgan fingerprint density at radius 2 is 1.63 bits per heavy atom. The SMILES string of the molecule is Cc1cc(C)c(Nc2cc(C#N)ccc2N)cc1C. The van der Waals surface area contributed by atoms with Gasteiger partial charge < -0.3 is 11.1 Å². The first kappa shape index (κ1) is 13.0. The van der Waals surface area contributed by atoms with Crippen molar-refractivity contribution < 1.29 is 0 Å². The molecule has 2 aromatic rings. The number of hydrogen-bond acceptors (Lipinski definition) is 3. The molecular formula is C16H17N3. The minimum atomic E-state index is 0.596. The highest BCUT2D eigenvalue weighted by Gasteiger charge is 2.05. The van der Waals surface area contributed by atoms with Gasteiger partial charge in [0.2, 0.25) is 0 Å². The molecule has 0 bridgehead atoms. The number of anilines is 3. The normalized spacial score (nSPS) is 10.0. The quantitative estimate of drug-likeness (QED) is 0.798. The largest absolute Gasteiger partial charge is 0.397 e. The Bertz CT molecular complexity index is 666. The van der Waals surface area contributed by atoms with Gasteiger partial charge in [-0.2, -0.15) is 5.26 Å². The summed E-state index contributed by atoms with van der Waals surface area (Å²) in [6.45, 7) is 6.23. The highest BCUT2D eigenvalue weighted by Crippen LogP contribution is 2.28. The van der Waals surface area contributed by atoms with Gasteiger partial charge in [0.1, 0.15) is 0 Å². The molecule has 3 heteroatoms. The van der Waals surface area contributed by atoms with E-state index in [1.807, 2.05) is 0 Å². The second kappa shape index (κ2) is 5.03. The molecule has 0 aliphatic heterocycles. The molecule has 0 aliphatic carbocycles. The molecule has 19 heavy (non-hydrogen) atoms. The monoisotopic (exact) mass is 251 g/mol. The Kier molecular flexibility index (Phi) is 3.43. The van der Waals surface area contributed by atoms with Crippen molar-refractivity contribution in [1.82, 2.24) is 0 Å². The van der Waals surface area contributed by atoms with E-state index < -0.39 is 0 Å². The van der Waals surface area contributed by atoms with E-state index in [1.165, 1.54) is 11.1 Å². The molecule has 0 aromatic heterocycles. The van der Waals surface area contributed by atoms with Crippen molar-refractivity contribution in [2.45, 2.75) is 20.8 Å². The van der Waals surface area contributed by atoms with Gasteiger partial charge in [0, 0.05) is 5.69 Å². The number of benzene rings is 2. The fraction of sp³-hybridized carbons (Fsp3) is 0.188. The van der Waals surface area contributed by atoms with Crippen molar-refractivity contribution in [1.29, 1.82) is 5.26 Å². The molecule has 0 amide bonds. The molecule has 3 nitrogen and oxygen atoms in total. The topological polar surface area (TPSA) is 61.8 Å². The molecule has 96 valence electrons. The summed E-state index contributed by atoms with van der Waals surface area (Å²) in [5, 5.41) is 12.2. The average molecular weight is 251 g/mol. The molecule has 0 atom stereocenters. The summed E-state index contributed by atoms with van der Waals surface area (Å²) in [5.41, 5.74) is 12.6. The standard InChI is InChI=1S/C16H17N3/c1-10-6-12(3)15(7-11(10)2)19-16-8-13(9-17)4-5-14(16)18/h4-8,19H,18H2,1-3H3. The molecule has 0 unspecified atom stereocenters.